The van der Waals surface area contributed by atoms with E-state index in [9.17, 15) is 5.11 Å². The van der Waals surface area contributed by atoms with Crippen molar-refractivity contribution in [2.45, 2.75) is 11.6 Å². The molecule has 2 atom stereocenters. The lowest BCUT2D eigenvalue weighted by molar-refractivity contribution is 0.184. The zero-order chi connectivity index (χ0) is 9.03. The third-order valence-corrected chi connectivity index (χ3v) is 3.07. The second-order valence-electron chi connectivity index (χ2n) is 2.32. The Balaban J connectivity index is 2.60. The van der Waals surface area contributed by atoms with E-state index in [0.29, 0.717) is 0 Å². The monoisotopic (exact) mass is 208 g/mol. The Kier molecular flexibility index (Phi) is 3.56. The largest absolute Gasteiger partial charge is 0.375 e. The summed E-state index contributed by atoms with van der Waals surface area (Å²) in [7, 11) is -1.38. The third kappa shape index (κ3) is 2.47. The van der Waals surface area contributed by atoms with Gasteiger partial charge in [0.25, 0.3) is 0 Å². The van der Waals surface area contributed by atoms with Gasteiger partial charge in [-0.2, -0.15) is 0 Å². The lowest BCUT2D eigenvalue weighted by atomic mass is 10.6. The van der Waals surface area contributed by atoms with Gasteiger partial charge in [0.1, 0.15) is 0 Å². The highest BCUT2D eigenvalue weighted by molar-refractivity contribution is 7.52. The Labute approximate surface area is 73.2 Å². The zero-order valence-corrected chi connectivity index (χ0v) is 8.18. The van der Waals surface area contributed by atoms with Crippen molar-refractivity contribution >= 4 is 17.6 Å². The molecule has 0 radical (unpaired) electrons. The standard InChI is InChI=1S/C5H10N2O3P2/c8-5(11-9,12-10)3-7-2-1-6-4-7/h1-2,4,8-12H,3H2. The first-order valence-electron chi connectivity index (χ1n) is 3.21. The van der Waals surface area contributed by atoms with Crippen LogP contribution in [0.1, 0.15) is 0 Å². The van der Waals surface area contributed by atoms with E-state index in [-0.39, 0.29) is 6.54 Å². The normalized spacial score (nSPS) is 17.9. The fourth-order valence-electron chi connectivity index (χ4n) is 0.740. The molecule has 1 heterocycles. The summed E-state index contributed by atoms with van der Waals surface area (Å²) in [5, 5.41) is 8.07. The van der Waals surface area contributed by atoms with Crippen molar-refractivity contribution in [3.8, 4) is 0 Å². The maximum absolute atomic E-state index is 9.48. The minimum absolute atomic E-state index is 0.164. The average Bonchev–Trinajstić information content (AvgIpc) is 2.57. The molecule has 0 bridgehead atoms. The molecule has 1 aromatic rings. The molecular formula is C5H10N2O3P2. The maximum Gasteiger partial charge on any atom is 0.163 e. The average molecular weight is 208 g/mol. The molecule has 7 heteroatoms. The Hall–Kier alpha value is -0.0500. The summed E-state index contributed by atoms with van der Waals surface area (Å²) >= 11 is 0. The third-order valence-electron chi connectivity index (χ3n) is 1.34. The zero-order valence-electron chi connectivity index (χ0n) is 6.18. The lowest BCUT2D eigenvalue weighted by Gasteiger charge is -2.22. The van der Waals surface area contributed by atoms with E-state index in [0.717, 1.165) is 0 Å². The van der Waals surface area contributed by atoms with Crippen LogP contribution in [0.25, 0.3) is 0 Å². The van der Waals surface area contributed by atoms with Crippen molar-refractivity contribution in [3.05, 3.63) is 18.7 Å². The van der Waals surface area contributed by atoms with Gasteiger partial charge in [-0.3, -0.25) is 0 Å². The molecule has 0 amide bonds. The van der Waals surface area contributed by atoms with Crippen molar-refractivity contribution < 1.29 is 14.9 Å². The van der Waals surface area contributed by atoms with Gasteiger partial charge in [0, 0.05) is 12.4 Å². The summed E-state index contributed by atoms with van der Waals surface area (Å²) < 4.78 is 1.60. The maximum atomic E-state index is 9.48. The number of rotatable bonds is 4. The Bertz CT molecular complexity index is 225. The first-order chi connectivity index (χ1) is 5.70. The SMILES string of the molecule is OPC(O)(Cn1ccnc1)PO. The second-order valence-corrected chi connectivity index (χ2v) is 4.92. The van der Waals surface area contributed by atoms with E-state index in [2.05, 4.69) is 4.98 Å². The van der Waals surface area contributed by atoms with E-state index in [1.807, 2.05) is 0 Å². The highest BCUT2D eigenvalue weighted by Gasteiger charge is 2.26. The van der Waals surface area contributed by atoms with Gasteiger partial charge in [-0.25, -0.2) is 4.98 Å². The first-order valence-corrected chi connectivity index (χ1v) is 5.10. The van der Waals surface area contributed by atoms with E-state index in [4.69, 9.17) is 9.79 Å². The van der Waals surface area contributed by atoms with Crippen LogP contribution in [0.2, 0.25) is 0 Å². The van der Waals surface area contributed by atoms with Crippen LogP contribution < -0.4 is 0 Å². The van der Waals surface area contributed by atoms with Crippen molar-refractivity contribution in [2.24, 2.45) is 0 Å². The summed E-state index contributed by atoms with van der Waals surface area (Å²) in [6.07, 6.45) is 4.75. The number of hydrogen-bond acceptors (Lipinski definition) is 4. The molecular weight excluding hydrogens is 198 g/mol. The van der Waals surface area contributed by atoms with Gasteiger partial charge in [0.05, 0.1) is 30.5 Å². The molecule has 0 fully saturated rings. The molecule has 0 aliphatic rings. The highest BCUT2D eigenvalue weighted by Crippen LogP contribution is 2.40. The molecule has 0 aliphatic carbocycles. The fraction of sp³-hybridized carbons (Fsp3) is 0.400. The number of imidazole rings is 1. The van der Waals surface area contributed by atoms with Gasteiger partial charge < -0.3 is 19.5 Å². The molecule has 0 saturated heterocycles. The molecule has 0 aliphatic heterocycles. The topological polar surface area (TPSA) is 78.5 Å². The predicted octanol–water partition coefficient (Wildman–Crippen LogP) is -0.299. The van der Waals surface area contributed by atoms with Gasteiger partial charge in [0.2, 0.25) is 0 Å². The van der Waals surface area contributed by atoms with Crippen LogP contribution in [-0.2, 0) is 6.54 Å². The number of hydrogen-bond donors (Lipinski definition) is 3. The van der Waals surface area contributed by atoms with Crippen LogP contribution in [0.3, 0.4) is 0 Å². The molecule has 5 nitrogen and oxygen atoms in total. The molecule has 1 rings (SSSR count). The predicted molar refractivity (Wildman–Crippen MR) is 48.2 cm³/mol. The molecule has 3 N–H and O–H groups in total. The summed E-state index contributed by atoms with van der Waals surface area (Å²) in [6, 6.07) is 0. The summed E-state index contributed by atoms with van der Waals surface area (Å²) in [5.74, 6) is 0. The van der Waals surface area contributed by atoms with Gasteiger partial charge in [-0.1, -0.05) is 0 Å². The number of aromatic nitrogens is 2. The van der Waals surface area contributed by atoms with Crippen LogP contribution in [-0.4, -0.2) is 29.5 Å². The molecule has 12 heavy (non-hydrogen) atoms. The summed E-state index contributed by atoms with van der Waals surface area (Å²) in [4.78, 5) is 21.3. The molecule has 0 spiro atoms. The van der Waals surface area contributed by atoms with Crippen molar-refractivity contribution in [3.63, 3.8) is 0 Å². The molecule has 1 aromatic heterocycles. The number of nitrogens with zero attached hydrogens (tertiary/aromatic N) is 2. The molecule has 68 valence electrons. The Morgan fingerprint density at radius 3 is 2.50 bits per heavy atom. The smallest absolute Gasteiger partial charge is 0.163 e. The van der Waals surface area contributed by atoms with E-state index in [1.54, 1.807) is 17.0 Å². The second kappa shape index (κ2) is 4.26. The first kappa shape index (κ1) is 10.0. The van der Waals surface area contributed by atoms with Crippen LogP contribution in [0.4, 0.5) is 0 Å². The quantitative estimate of drug-likeness (QED) is 0.593. The van der Waals surface area contributed by atoms with Crippen LogP contribution in [0, 0.1) is 0 Å². The lowest BCUT2D eigenvalue weighted by Crippen LogP contribution is -2.22. The van der Waals surface area contributed by atoms with Crippen molar-refractivity contribution in [1.82, 2.24) is 9.55 Å². The van der Waals surface area contributed by atoms with E-state index < -0.39 is 22.7 Å². The van der Waals surface area contributed by atoms with Crippen molar-refractivity contribution in [2.75, 3.05) is 0 Å². The Morgan fingerprint density at radius 1 is 1.42 bits per heavy atom. The van der Waals surface area contributed by atoms with Crippen molar-refractivity contribution in [1.29, 1.82) is 0 Å². The highest BCUT2D eigenvalue weighted by atomic mass is 31.1. The van der Waals surface area contributed by atoms with Crippen LogP contribution in [0.15, 0.2) is 18.7 Å². The Morgan fingerprint density at radius 2 is 2.08 bits per heavy atom. The van der Waals surface area contributed by atoms with Crippen LogP contribution >= 0.6 is 17.6 Å². The van der Waals surface area contributed by atoms with Gasteiger partial charge >= 0.3 is 0 Å². The molecule has 0 saturated carbocycles. The fourth-order valence-corrected chi connectivity index (χ4v) is 1.45. The minimum Gasteiger partial charge on any atom is -0.375 e. The van der Waals surface area contributed by atoms with Gasteiger partial charge in [-0.15, -0.1) is 0 Å². The molecule has 0 aromatic carbocycles. The summed E-state index contributed by atoms with van der Waals surface area (Å²) in [5.41, 5.74) is 0. The summed E-state index contributed by atoms with van der Waals surface area (Å²) in [6.45, 7) is 0.164. The number of aliphatic hydroxyl groups is 1. The molecule has 2 unspecified atom stereocenters. The minimum atomic E-state index is -1.40. The van der Waals surface area contributed by atoms with Crippen LogP contribution in [0.5, 0.6) is 0 Å². The van der Waals surface area contributed by atoms with E-state index >= 15 is 0 Å². The van der Waals surface area contributed by atoms with Gasteiger partial charge in [-0.05, 0) is 0 Å². The van der Waals surface area contributed by atoms with Gasteiger partial charge in [0.15, 0.2) is 5.08 Å². The van der Waals surface area contributed by atoms with E-state index in [1.165, 1.54) is 6.33 Å².